The summed E-state index contributed by atoms with van der Waals surface area (Å²) in [6.45, 7) is 2.52. The molecular weight excluding hydrogens is 537 g/mol. The molecule has 0 unspecified atom stereocenters. The van der Waals surface area contributed by atoms with Gasteiger partial charge in [-0.25, -0.2) is 15.0 Å². The van der Waals surface area contributed by atoms with Crippen LogP contribution < -0.4 is 4.90 Å². The number of anilines is 1. The minimum absolute atomic E-state index is 0.0489. The van der Waals surface area contributed by atoms with Crippen molar-refractivity contribution in [3.63, 3.8) is 0 Å². The van der Waals surface area contributed by atoms with Crippen LogP contribution in [0.1, 0.15) is 35.3 Å². The third-order valence-corrected chi connectivity index (χ3v) is 7.23. The highest BCUT2D eigenvalue weighted by Crippen LogP contribution is 2.27. The van der Waals surface area contributed by atoms with Gasteiger partial charge in [0.15, 0.2) is 0 Å². The van der Waals surface area contributed by atoms with Crippen LogP contribution in [0.15, 0.2) is 60.8 Å². The summed E-state index contributed by atoms with van der Waals surface area (Å²) in [5.41, 5.74) is 4.27. The summed E-state index contributed by atoms with van der Waals surface area (Å²) in [4.78, 5) is 42.5. The molecule has 4 aromatic rings. The number of benzene rings is 2. The van der Waals surface area contributed by atoms with E-state index in [0.717, 1.165) is 22.8 Å². The molecule has 2 aromatic carbocycles. The molecule has 1 fully saturated rings. The van der Waals surface area contributed by atoms with Crippen molar-refractivity contribution in [2.75, 3.05) is 31.1 Å². The van der Waals surface area contributed by atoms with Crippen molar-refractivity contribution < 1.29 is 14.7 Å². The van der Waals surface area contributed by atoms with E-state index in [1.54, 1.807) is 18.3 Å². The van der Waals surface area contributed by atoms with Crippen LogP contribution in [0.2, 0.25) is 10.0 Å². The highest BCUT2D eigenvalue weighted by atomic mass is 35.5. The number of hydrogen-bond donors (Lipinski definition) is 1. The van der Waals surface area contributed by atoms with Gasteiger partial charge in [0.1, 0.15) is 5.82 Å². The Bertz CT molecular complexity index is 1490. The molecule has 1 amide bonds. The Balaban J connectivity index is 1.36. The zero-order valence-electron chi connectivity index (χ0n) is 21.2. The summed E-state index contributed by atoms with van der Waals surface area (Å²) in [6.07, 6.45) is 3.53. The van der Waals surface area contributed by atoms with Gasteiger partial charge < -0.3 is 14.9 Å². The van der Waals surface area contributed by atoms with Gasteiger partial charge in [0.05, 0.1) is 27.4 Å². The number of aliphatic carboxylic acids is 1. The predicted molar refractivity (Wildman–Crippen MR) is 153 cm³/mol. The average Bonchev–Trinajstić information content (AvgIpc) is 2.95. The molecule has 8 nitrogen and oxygen atoms in total. The van der Waals surface area contributed by atoms with E-state index in [2.05, 4.69) is 9.88 Å². The number of carboxylic acid groups (broad SMARTS) is 1. The number of amides is 1. The number of fused-ring (bicyclic) bond motifs is 1. The van der Waals surface area contributed by atoms with Crippen molar-refractivity contribution in [2.24, 2.45) is 0 Å². The third kappa shape index (κ3) is 6.46. The number of carbonyl (C=O) groups excluding carboxylic acids is 1. The maximum atomic E-state index is 13.4. The van der Waals surface area contributed by atoms with E-state index in [9.17, 15) is 9.59 Å². The summed E-state index contributed by atoms with van der Waals surface area (Å²) < 4.78 is 0. The molecule has 0 spiro atoms. The van der Waals surface area contributed by atoms with E-state index in [-0.39, 0.29) is 12.3 Å². The molecule has 1 saturated heterocycles. The van der Waals surface area contributed by atoms with Crippen molar-refractivity contribution in [1.82, 2.24) is 19.9 Å². The number of piperazine rings is 1. The minimum Gasteiger partial charge on any atom is -0.481 e. The Morgan fingerprint density at radius 2 is 1.59 bits per heavy atom. The number of nitrogens with zero attached hydrogens (tertiary/aromatic N) is 5. The third-order valence-electron chi connectivity index (χ3n) is 6.76. The minimum atomic E-state index is -0.814. The summed E-state index contributed by atoms with van der Waals surface area (Å²) in [5.74, 6) is -0.0157. The summed E-state index contributed by atoms with van der Waals surface area (Å²) in [5, 5.41) is 10.2. The largest absolute Gasteiger partial charge is 0.481 e. The zero-order chi connectivity index (χ0) is 27.4. The molecule has 5 rings (SSSR count). The first kappa shape index (κ1) is 26.8. The van der Waals surface area contributed by atoms with Gasteiger partial charge in [-0.1, -0.05) is 35.3 Å². The Kier molecular flexibility index (Phi) is 8.24. The zero-order valence-corrected chi connectivity index (χ0v) is 22.7. The number of pyridine rings is 1. The number of halogens is 2. The van der Waals surface area contributed by atoms with Crippen LogP contribution in [0, 0.1) is 0 Å². The van der Waals surface area contributed by atoms with E-state index < -0.39 is 5.97 Å². The molecule has 200 valence electrons. The summed E-state index contributed by atoms with van der Waals surface area (Å²) in [7, 11) is 0. The fraction of sp³-hybridized carbons (Fsp3) is 0.276. The van der Waals surface area contributed by atoms with Gasteiger partial charge >= 0.3 is 5.97 Å². The van der Waals surface area contributed by atoms with Crippen molar-refractivity contribution in [2.45, 2.75) is 25.7 Å². The summed E-state index contributed by atoms with van der Waals surface area (Å²) in [6, 6.07) is 16.5. The highest BCUT2D eigenvalue weighted by molar-refractivity contribution is 6.30. The van der Waals surface area contributed by atoms with Crippen LogP contribution >= 0.6 is 23.2 Å². The Morgan fingerprint density at radius 3 is 2.28 bits per heavy atom. The second kappa shape index (κ2) is 12.0. The van der Waals surface area contributed by atoms with Crippen molar-refractivity contribution >= 4 is 51.9 Å². The van der Waals surface area contributed by atoms with Gasteiger partial charge in [0.25, 0.3) is 5.91 Å². The fourth-order valence-corrected chi connectivity index (χ4v) is 4.92. The first-order chi connectivity index (χ1) is 18.9. The molecule has 1 N–H and O–H groups in total. The first-order valence-electron chi connectivity index (χ1n) is 12.8. The van der Waals surface area contributed by atoms with Crippen molar-refractivity contribution in [3.05, 3.63) is 82.1 Å². The van der Waals surface area contributed by atoms with Gasteiger partial charge in [0, 0.05) is 54.9 Å². The molecule has 0 saturated carbocycles. The molecule has 1 aliphatic rings. The van der Waals surface area contributed by atoms with Gasteiger partial charge in [-0.05, 0) is 61.7 Å². The maximum absolute atomic E-state index is 13.4. The molecule has 1 aliphatic heterocycles. The molecule has 2 aromatic heterocycles. The van der Waals surface area contributed by atoms with Crippen molar-refractivity contribution in [1.29, 1.82) is 0 Å². The lowest BCUT2D eigenvalue weighted by atomic mass is 10.0. The number of rotatable bonds is 8. The molecule has 0 aliphatic carbocycles. The van der Waals surface area contributed by atoms with Crippen LogP contribution in [0.25, 0.3) is 22.3 Å². The Hall–Kier alpha value is -3.75. The molecule has 10 heteroatoms. The van der Waals surface area contributed by atoms with E-state index in [0.29, 0.717) is 72.1 Å². The van der Waals surface area contributed by atoms with E-state index >= 15 is 0 Å². The number of carbonyl (C=O) groups is 2. The number of aryl methyl sites for hydroxylation is 1. The molecule has 3 heterocycles. The van der Waals surface area contributed by atoms with Crippen LogP contribution in [-0.4, -0.2) is 63.0 Å². The lowest BCUT2D eigenvalue weighted by Gasteiger charge is -2.35. The molecule has 39 heavy (non-hydrogen) atoms. The Morgan fingerprint density at radius 1 is 0.846 bits per heavy atom. The van der Waals surface area contributed by atoms with Gasteiger partial charge in [0.2, 0.25) is 0 Å². The predicted octanol–water partition coefficient (Wildman–Crippen LogP) is 5.76. The molecule has 0 atom stereocenters. The molecular formula is C29H27Cl2N5O3. The molecule has 0 radical (unpaired) electrons. The van der Waals surface area contributed by atoms with Crippen LogP contribution in [0.4, 0.5) is 5.82 Å². The number of carboxylic acids is 1. The van der Waals surface area contributed by atoms with Gasteiger partial charge in [-0.2, -0.15) is 0 Å². The second-order valence-electron chi connectivity index (χ2n) is 9.44. The van der Waals surface area contributed by atoms with Crippen LogP contribution in [-0.2, 0) is 11.2 Å². The van der Waals surface area contributed by atoms with Gasteiger partial charge in [-0.15, -0.1) is 0 Å². The monoisotopic (exact) mass is 563 g/mol. The quantitative estimate of drug-likeness (QED) is 0.272. The topological polar surface area (TPSA) is 99.5 Å². The number of hydrogen-bond acceptors (Lipinski definition) is 6. The average molecular weight is 564 g/mol. The fourth-order valence-electron chi connectivity index (χ4n) is 4.68. The smallest absolute Gasteiger partial charge is 0.303 e. The van der Waals surface area contributed by atoms with Crippen LogP contribution in [0.5, 0.6) is 0 Å². The maximum Gasteiger partial charge on any atom is 0.303 e. The van der Waals surface area contributed by atoms with Crippen molar-refractivity contribution in [3.8, 4) is 11.3 Å². The van der Waals surface area contributed by atoms with E-state index in [1.165, 1.54) is 0 Å². The highest BCUT2D eigenvalue weighted by Gasteiger charge is 2.23. The lowest BCUT2D eigenvalue weighted by molar-refractivity contribution is -0.137. The summed E-state index contributed by atoms with van der Waals surface area (Å²) >= 11 is 12.0. The molecule has 0 bridgehead atoms. The standard InChI is InChI=1S/C29H27Cl2N5O3/c30-21-8-5-19(6-9-21)28-24(3-1-2-4-27(37)38)33-25-17-20(7-11-23(25)34-28)29(39)36-15-13-35(14-16-36)26-12-10-22(31)18-32-26/h5-12,17-18H,1-4,13-16H2,(H,37,38). The van der Waals surface area contributed by atoms with Gasteiger partial charge in [-0.3, -0.25) is 9.59 Å². The lowest BCUT2D eigenvalue weighted by Crippen LogP contribution is -2.49. The SMILES string of the molecule is O=C(O)CCCCc1nc2cc(C(=O)N3CCN(c4ccc(Cl)cn4)CC3)ccc2nc1-c1ccc(Cl)cc1. The van der Waals surface area contributed by atoms with Crippen LogP contribution in [0.3, 0.4) is 0 Å². The number of unbranched alkanes of at least 4 members (excludes halogenated alkanes) is 1. The van der Waals surface area contributed by atoms with E-state index in [1.807, 2.05) is 47.4 Å². The Labute approximate surface area is 236 Å². The first-order valence-corrected chi connectivity index (χ1v) is 13.6. The second-order valence-corrected chi connectivity index (χ2v) is 10.3. The van der Waals surface area contributed by atoms with E-state index in [4.69, 9.17) is 38.3 Å². The number of aromatic nitrogens is 3. The normalized spacial score (nSPS) is 13.6.